The number of rotatable bonds is 3. The number of amides is 1. The maximum absolute atomic E-state index is 12.9. The molecule has 5 rings (SSSR count). The van der Waals surface area contributed by atoms with Gasteiger partial charge >= 0.3 is 0 Å². The van der Waals surface area contributed by atoms with Crippen molar-refractivity contribution in [2.45, 2.75) is 31.8 Å². The number of carbonyl (C=O) groups excluding carboxylic acids is 1. The molecule has 0 spiro atoms. The average molecular weight is 433 g/mol. The minimum absolute atomic E-state index is 0. The largest absolute Gasteiger partial charge is 0.451 e. The Hall–Kier alpha value is -2.98. The quantitative estimate of drug-likeness (QED) is 0.498. The molecule has 10 nitrogen and oxygen atoms in total. The van der Waals surface area contributed by atoms with Crippen molar-refractivity contribution in [3.63, 3.8) is 0 Å². The van der Waals surface area contributed by atoms with Crippen LogP contribution in [0.1, 0.15) is 41.0 Å². The van der Waals surface area contributed by atoms with Crippen molar-refractivity contribution >= 4 is 35.0 Å². The Labute approximate surface area is 177 Å². The summed E-state index contributed by atoms with van der Waals surface area (Å²) in [5.41, 5.74) is 0.447. The molecule has 0 unspecified atom stereocenters. The van der Waals surface area contributed by atoms with Gasteiger partial charge in [-0.15, -0.1) is 22.6 Å². The number of furan rings is 1. The molecule has 158 valence electrons. The fourth-order valence-electron chi connectivity index (χ4n) is 4.16. The zero-order valence-electron chi connectivity index (χ0n) is 16.1. The molecule has 1 amide bonds. The third-order valence-corrected chi connectivity index (χ3v) is 5.72. The molecule has 0 saturated carbocycles. The highest BCUT2D eigenvalue weighted by Crippen LogP contribution is 2.30. The van der Waals surface area contributed by atoms with Crippen molar-refractivity contribution in [1.29, 1.82) is 0 Å². The van der Waals surface area contributed by atoms with Crippen LogP contribution in [0.15, 0.2) is 28.7 Å². The number of carbonyl (C=O) groups is 1. The second-order valence-electron chi connectivity index (χ2n) is 7.46. The summed E-state index contributed by atoms with van der Waals surface area (Å²) in [6.45, 7) is 3.76. The molecule has 1 fully saturated rings. The highest BCUT2D eigenvalue weighted by atomic mass is 35.5. The van der Waals surface area contributed by atoms with Crippen molar-refractivity contribution in [3.8, 4) is 0 Å². The zero-order chi connectivity index (χ0) is 20.0. The fraction of sp³-hybridized carbons (Fsp3) is 0.421. The lowest BCUT2D eigenvalue weighted by atomic mass is 9.95. The van der Waals surface area contributed by atoms with Gasteiger partial charge in [0.2, 0.25) is 0 Å². The van der Waals surface area contributed by atoms with Crippen molar-refractivity contribution in [2.24, 2.45) is 0 Å². The number of nitrogens with one attached hydrogen (secondary N) is 1. The SMILES string of the molecule is Cl.O=C(c1cc2cc([N+](=O)[O-])ccc2o1)N1CCC(c2nnc3n2CCNC3)CC1. The van der Waals surface area contributed by atoms with Gasteiger partial charge in [0.05, 0.1) is 11.5 Å². The molecule has 0 bridgehead atoms. The Morgan fingerprint density at radius 2 is 2.00 bits per heavy atom. The normalized spacial score (nSPS) is 16.9. The minimum atomic E-state index is -0.460. The van der Waals surface area contributed by atoms with Gasteiger partial charge in [0.15, 0.2) is 5.76 Å². The molecule has 2 aliphatic heterocycles. The second-order valence-corrected chi connectivity index (χ2v) is 7.46. The summed E-state index contributed by atoms with van der Waals surface area (Å²) in [5, 5.41) is 23.5. The van der Waals surface area contributed by atoms with Gasteiger partial charge in [-0.3, -0.25) is 14.9 Å². The fourth-order valence-corrected chi connectivity index (χ4v) is 4.16. The van der Waals surface area contributed by atoms with Gasteiger partial charge in [-0.25, -0.2) is 0 Å². The molecule has 2 aliphatic rings. The summed E-state index contributed by atoms with van der Waals surface area (Å²) in [7, 11) is 0. The first-order valence-corrected chi connectivity index (χ1v) is 9.70. The van der Waals surface area contributed by atoms with Crippen molar-refractivity contribution < 1.29 is 14.1 Å². The minimum Gasteiger partial charge on any atom is -0.451 e. The summed E-state index contributed by atoms with van der Waals surface area (Å²) in [5.74, 6) is 2.31. The number of halogens is 1. The number of non-ortho nitro benzene ring substituents is 1. The maximum atomic E-state index is 12.9. The molecule has 0 aliphatic carbocycles. The van der Waals surface area contributed by atoms with Crippen LogP contribution in [0, 0.1) is 10.1 Å². The van der Waals surface area contributed by atoms with E-state index in [9.17, 15) is 14.9 Å². The number of likely N-dealkylation sites (tertiary alicyclic amines) is 1. The molecule has 4 heterocycles. The molecule has 1 saturated heterocycles. The molecular formula is C19H21ClN6O4. The Morgan fingerprint density at radius 1 is 1.20 bits per heavy atom. The van der Waals surface area contributed by atoms with E-state index in [0.717, 1.165) is 44.1 Å². The van der Waals surface area contributed by atoms with E-state index in [2.05, 4.69) is 20.1 Å². The monoisotopic (exact) mass is 432 g/mol. The van der Waals surface area contributed by atoms with Crippen LogP contribution in [-0.2, 0) is 13.1 Å². The van der Waals surface area contributed by atoms with Crippen LogP contribution in [0.25, 0.3) is 11.0 Å². The number of hydrogen-bond donors (Lipinski definition) is 1. The predicted octanol–water partition coefficient (Wildman–Crippen LogP) is 2.48. The molecule has 30 heavy (non-hydrogen) atoms. The van der Waals surface area contributed by atoms with E-state index in [4.69, 9.17) is 4.42 Å². The molecule has 0 radical (unpaired) electrons. The third kappa shape index (κ3) is 3.52. The number of benzene rings is 1. The van der Waals surface area contributed by atoms with E-state index >= 15 is 0 Å². The third-order valence-electron chi connectivity index (χ3n) is 5.72. The Balaban J connectivity index is 0.00000218. The topological polar surface area (TPSA) is 119 Å². The molecule has 3 aromatic rings. The predicted molar refractivity (Wildman–Crippen MR) is 110 cm³/mol. The summed E-state index contributed by atoms with van der Waals surface area (Å²) in [6.07, 6.45) is 1.64. The van der Waals surface area contributed by atoms with E-state index in [-0.39, 0.29) is 35.7 Å². The number of nitrogens with zero attached hydrogens (tertiary/aromatic N) is 5. The number of aromatic nitrogens is 3. The molecule has 0 atom stereocenters. The zero-order valence-corrected chi connectivity index (χ0v) is 16.9. The summed E-state index contributed by atoms with van der Waals surface area (Å²) in [6, 6.07) is 5.91. The standard InChI is InChI=1S/C19H20N6O4.ClH/c26-19(16-10-13-9-14(25(27)28)1-2-15(13)29-16)23-6-3-12(4-7-23)18-22-21-17-11-20-5-8-24(17)18;/h1-2,9-10,12,20H,3-8,11H2;1H. The van der Waals surface area contributed by atoms with E-state index in [0.29, 0.717) is 24.1 Å². The van der Waals surface area contributed by atoms with Crippen molar-refractivity contribution in [1.82, 2.24) is 25.0 Å². The summed E-state index contributed by atoms with van der Waals surface area (Å²) in [4.78, 5) is 25.1. The van der Waals surface area contributed by atoms with Gasteiger partial charge < -0.3 is 19.2 Å². The van der Waals surface area contributed by atoms with Gasteiger partial charge in [0, 0.05) is 49.6 Å². The van der Waals surface area contributed by atoms with Crippen molar-refractivity contribution in [2.75, 3.05) is 19.6 Å². The molecule has 1 aromatic carbocycles. The summed E-state index contributed by atoms with van der Waals surface area (Å²) < 4.78 is 7.84. The van der Waals surface area contributed by atoms with Crippen LogP contribution < -0.4 is 5.32 Å². The lowest BCUT2D eigenvalue weighted by Crippen LogP contribution is -2.38. The first-order chi connectivity index (χ1) is 14.1. The van der Waals surface area contributed by atoms with E-state index in [1.807, 2.05) is 0 Å². The summed E-state index contributed by atoms with van der Waals surface area (Å²) >= 11 is 0. The number of hydrogen-bond acceptors (Lipinski definition) is 7. The van der Waals surface area contributed by atoms with Crippen LogP contribution in [0.2, 0.25) is 0 Å². The van der Waals surface area contributed by atoms with Gasteiger partial charge in [0.25, 0.3) is 11.6 Å². The van der Waals surface area contributed by atoms with E-state index in [1.165, 1.54) is 18.2 Å². The second kappa shape index (κ2) is 8.04. The highest BCUT2D eigenvalue weighted by Gasteiger charge is 2.30. The van der Waals surface area contributed by atoms with E-state index < -0.39 is 4.92 Å². The smallest absolute Gasteiger partial charge is 0.289 e. The van der Waals surface area contributed by atoms with Crippen LogP contribution in [0.4, 0.5) is 5.69 Å². The number of nitro groups is 1. The Bertz CT molecular complexity index is 1100. The number of nitro benzene ring substituents is 1. The number of fused-ring (bicyclic) bond motifs is 2. The van der Waals surface area contributed by atoms with Gasteiger partial charge in [-0.05, 0) is 25.0 Å². The van der Waals surface area contributed by atoms with Crippen LogP contribution >= 0.6 is 12.4 Å². The Kier molecular flexibility index (Phi) is 5.44. The number of piperidine rings is 1. The van der Waals surface area contributed by atoms with E-state index in [1.54, 1.807) is 11.0 Å². The first-order valence-electron chi connectivity index (χ1n) is 9.70. The molecule has 11 heteroatoms. The van der Waals surface area contributed by atoms with Gasteiger partial charge in [0.1, 0.15) is 17.2 Å². The van der Waals surface area contributed by atoms with Crippen LogP contribution in [-0.4, -0.2) is 50.1 Å². The first kappa shape index (κ1) is 20.3. The Morgan fingerprint density at radius 3 is 2.77 bits per heavy atom. The lowest BCUT2D eigenvalue weighted by Gasteiger charge is -2.31. The van der Waals surface area contributed by atoms with Crippen LogP contribution in [0.5, 0.6) is 0 Å². The maximum Gasteiger partial charge on any atom is 0.289 e. The van der Waals surface area contributed by atoms with Gasteiger partial charge in [-0.2, -0.15) is 0 Å². The van der Waals surface area contributed by atoms with Gasteiger partial charge in [-0.1, -0.05) is 0 Å². The highest BCUT2D eigenvalue weighted by molar-refractivity contribution is 5.96. The lowest BCUT2D eigenvalue weighted by molar-refractivity contribution is -0.384. The van der Waals surface area contributed by atoms with Crippen molar-refractivity contribution in [3.05, 3.63) is 51.8 Å². The molecular weight excluding hydrogens is 412 g/mol. The molecule has 2 aromatic heterocycles. The average Bonchev–Trinajstić information content (AvgIpc) is 3.37. The molecule has 1 N–H and O–H groups in total. The van der Waals surface area contributed by atoms with Crippen LogP contribution in [0.3, 0.4) is 0 Å².